The predicted molar refractivity (Wildman–Crippen MR) is 117 cm³/mol. The van der Waals surface area contributed by atoms with Crippen LogP contribution in [-0.2, 0) is 21.9 Å². The van der Waals surface area contributed by atoms with Crippen molar-refractivity contribution in [3.05, 3.63) is 58.0 Å². The van der Waals surface area contributed by atoms with Crippen molar-refractivity contribution in [2.24, 2.45) is 5.92 Å². The molecule has 1 atom stereocenters. The van der Waals surface area contributed by atoms with Gasteiger partial charge in [-0.25, -0.2) is 0 Å². The minimum Gasteiger partial charge on any atom is -0.467 e. The third kappa shape index (κ3) is 4.97. The minimum atomic E-state index is -0.436. The van der Waals surface area contributed by atoms with Gasteiger partial charge in [0.25, 0.3) is 0 Å². The second kappa shape index (κ2) is 9.38. The Bertz CT molecular complexity index is 1040. The van der Waals surface area contributed by atoms with Crippen molar-refractivity contribution in [2.75, 3.05) is 11.9 Å². The first-order valence-electron chi connectivity index (χ1n) is 9.00. The van der Waals surface area contributed by atoms with Crippen molar-refractivity contribution >= 4 is 63.2 Å². The molecule has 1 aliphatic heterocycles. The fraction of sp³-hybridized carbons (Fsp3) is 0.263. The van der Waals surface area contributed by atoms with Crippen LogP contribution >= 0.6 is 46.3 Å². The molecule has 30 heavy (non-hydrogen) atoms. The van der Waals surface area contributed by atoms with Crippen LogP contribution in [0.15, 0.2) is 45.4 Å². The van der Waals surface area contributed by atoms with Gasteiger partial charge in [0.2, 0.25) is 16.9 Å². The Morgan fingerprint density at radius 2 is 2.07 bits per heavy atom. The van der Waals surface area contributed by atoms with Crippen LogP contribution in [-0.4, -0.2) is 33.5 Å². The monoisotopic (exact) mass is 482 g/mol. The summed E-state index contributed by atoms with van der Waals surface area (Å²) in [6, 6.07) is 8.93. The molecule has 7 nitrogen and oxygen atoms in total. The molecular weight excluding hydrogens is 467 g/mol. The number of nitrogens with one attached hydrogen (secondary N) is 1. The predicted octanol–water partition coefficient (Wildman–Crippen LogP) is 4.72. The first-order chi connectivity index (χ1) is 14.5. The Labute approximate surface area is 190 Å². The van der Waals surface area contributed by atoms with Gasteiger partial charge in [-0.05, 0) is 29.8 Å². The number of hydrogen-bond acceptors (Lipinski definition) is 7. The van der Waals surface area contributed by atoms with E-state index in [0.717, 1.165) is 5.56 Å². The van der Waals surface area contributed by atoms with Crippen molar-refractivity contribution in [1.29, 1.82) is 0 Å². The number of carbonyl (C=O) groups is 2. The van der Waals surface area contributed by atoms with Crippen LogP contribution in [0, 0.1) is 5.92 Å². The normalized spacial score (nSPS) is 16.3. The number of benzene rings is 1. The molecule has 2 amide bonds. The number of aromatic nitrogens is 2. The molecule has 0 aliphatic carbocycles. The molecule has 1 aromatic carbocycles. The summed E-state index contributed by atoms with van der Waals surface area (Å²) in [5, 5.41) is 12.5. The third-order valence-electron chi connectivity index (χ3n) is 4.55. The topological polar surface area (TPSA) is 88.3 Å². The van der Waals surface area contributed by atoms with E-state index in [-0.39, 0.29) is 18.2 Å². The zero-order valence-electron chi connectivity index (χ0n) is 15.5. The Hall–Kier alpha value is -2.07. The summed E-state index contributed by atoms with van der Waals surface area (Å²) >= 11 is 15.1. The van der Waals surface area contributed by atoms with Crippen LogP contribution in [0.5, 0.6) is 0 Å². The Balaban J connectivity index is 1.31. The Kier molecular flexibility index (Phi) is 6.62. The molecule has 2 aromatic heterocycles. The number of nitrogens with zero attached hydrogens (tertiary/aromatic N) is 3. The minimum absolute atomic E-state index is 0.0725. The molecule has 156 valence electrons. The van der Waals surface area contributed by atoms with Crippen LogP contribution in [0.1, 0.15) is 17.7 Å². The lowest BCUT2D eigenvalue weighted by Crippen LogP contribution is -2.27. The number of furan rings is 1. The summed E-state index contributed by atoms with van der Waals surface area (Å²) in [5.41, 5.74) is 0.827. The molecule has 0 saturated carbocycles. The molecule has 11 heteroatoms. The molecule has 3 aromatic rings. The smallest absolute Gasteiger partial charge is 0.231 e. The third-order valence-corrected chi connectivity index (χ3v) is 7.26. The molecule has 0 radical (unpaired) electrons. The lowest BCUT2D eigenvalue weighted by molar-refractivity contribution is -0.128. The number of rotatable bonds is 7. The second-order valence-corrected chi connectivity index (χ2v) is 9.62. The van der Waals surface area contributed by atoms with E-state index in [9.17, 15) is 9.59 Å². The van der Waals surface area contributed by atoms with Crippen LogP contribution in [0.2, 0.25) is 10.0 Å². The SMILES string of the molecule is O=C(Nc1nnc(SCc2c(Cl)cccc2Cl)s1)C1CC(=O)N(Cc2ccco2)C1. The second-order valence-electron chi connectivity index (χ2n) is 6.61. The molecule has 1 saturated heterocycles. The van der Waals surface area contributed by atoms with Crippen molar-refractivity contribution in [3.8, 4) is 0 Å². The Morgan fingerprint density at radius 3 is 2.80 bits per heavy atom. The molecule has 0 bridgehead atoms. The maximum absolute atomic E-state index is 12.6. The number of carbonyl (C=O) groups excluding carboxylic acids is 2. The summed E-state index contributed by atoms with van der Waals surface area (Å²) in [5.74, 6) is 0.479. The van der Waals surface area contributed by atoms with Crippen LogP contribution in [0.3, 0.4) is 0 Å². The summed E-state index contributed by atoms with van der Waals surface area (Å²) in [4.78, 5) is 26.4. The van der Waals surface area contributed by atoms with E-state index < -0.39 is 5.92 Å². The van der Waals surface area contributed by atoms with Gasteiger partial charge in [-0.3, -0.25) is 9.59 Å². The van der Waals surface area contributed by atoms with E-state index >= 15 is 0 Å². The lowest BCUT2D eigenvalue weighted by atomic mass is 10.1. The highest BCUT2D eigenvalue weighted by atomic mass is 35.5. The van der Waals surface area contributed by atoms with Crippen molar-refractivity contribution < 1.29 is 14.0 Å². The highest BCUT2D eigenvalue weighted by Gasteiger charge is 2.35. The van der Waals surface area contributed by atoms with E-state index in [1.807, 2.05) is 0 Å². The molecule has 4 rings (SSSR count). The lowest BCUT2D eigenvalue weighted by Gasteiger charge is -2.14. The van der Waals surface area contributed by atoms with E-state index in [1.165, 1.54) is 23.1 Å². The fourth-order valence-corrected chi connectivity index (χ4v) is 5.52. The van der Waals surface area contributed by atoms with Gasteiger partial charge >= 0.3 is 0 Å². The number of amides is 2. The van der Waals surface area contributed by atoms with E-state index in [1.54, 1.807) is 41.5 Å². The molecule has 1 N–H and O–H groups in total. The van der Waals surface area contributed by atoms with E-state index in [0.29, 0.717) is 44.1 Å². The van der Waals surface area contributed by atoms with Crippen LogP contribution in [0.25, 0.3) is 0 Å². The molecule has 0 spiro atoms. The maximum Gasteiger partial charge on any atom is 0.231 e. The van der Waals surface area contributed by atoms with E-state index in [2.05, 4.69) is 15.5 Å². The van der Waals surface area contributed by atoms with Crippen molar-refractivity contribution in [1.82, 2.24) is 15.1 Å². The number of thioether (sulfide) groups is 1. The van der Waals surface area contributed by atoms with Gasteiger partial charge in [0.1, 0.15) is 5.76 Å². The maximum atomic E-state index is 12.6. The van der Waals surface area contributed by atoms with Gasteiger partial charge in [0.15, 0.2) is 4.34 Å². The van der Waals surface area contributed by atoms with Gasteiger partial charge in [0, 0.05) is 28.8 Å². The highest BCUT2D eigenvalue weighted by Crippen LogP contribution is 2.34. The zero-order valence-corrected chi connectivity index (χ0v) is 18.7. The standard InChI is InChI=1S/C19H16Cl2N4O3S2/c20-14-4-1-5-15(21)13(14)10-29-19-24-23-18(30-19)22-17(27)11-7-16(26)25(8-11)9-12-3-2-6-28-12/h1-6,11H,7-10H2,(H,22,23,27). The van der Waals surface area contributed by atoms with Gasteiger partial charge in [-0.15, -0.1) is 10.2 Å². The average Bonchev–Trinajstić information content (AvgIpc) is 3.45. The zero-order chi connectivity index (χ0) is 21.1. The van der Waals surface area contributed by atoms with Gasteiger partial charge in [-0.1, -0.05) is 52.4 Å². The van der Waals surface area contributed by atoms with Crippen LogP contribution in [0.4, 0.5) is 5.13 Å². The van der Waals surface area contributed by atoms with Gasteiger partial charge in [-0.2, -0.15) is 0 Å². The quantitative estimate of drug-likeness (QED) is 0.387. The highest BCUT2D eigenvalue weighted by molar-refractivity contribution is 8.00. The van der Waals surface area contributed by atoms with Crippen molar-refractivity contribution in [2.45, 2.75) is 23.1 Å². The molecule has 1 unspecified atom stereocenters. The molecule has 1 fully saturated rings. The largest absolute Gasteiger partial charge is 0.467 e. The van der Waals surface area contributed by atoms with E-state index in [4.69, 9.17) is 27.6 Å². The fourth-order valence-electron chi connectivity index (χ4n) is 3.02. The summed E-state index contributed by atoms with van der Waals surface area (Å²) < 4.78 is 5.96. The molecular formula is C19H16Cl2N4O3S2. The summed E-state index contributed by atoms with van der Waals surface area (Å²) in [7, 11) is 0. The average molecular weight is 483 g/mol. The first-order valence-corrected chi connectivity index (χ1v) is 11.6. The number of halogens is 2. The number of hydrogen-bond donors (Lipinski definition) is 1. The first kappa shape index (κ1) is 21.2. The summed E-state index contributed by atoms with van der Waals surface area (Å²) in [6.45, 7) is 0.705. The van der Waals surface area contributed by atoms with Crippen LogP contribution < -0.4 is 5.32 Å². The number of likely N-dealkylation sites (tertiary alicyclic amines) is 1. The van der Waals surface area contributed by atoms with Crippen molar-refractivity contribution in [3.63, 3.8) is 0 Å². The molecule has 1 aliphatic rings. The Morgan fingerprint density at radius 1 is 1.27 bits per heavy atom. The molecule has 3 heterocycles. The summed E-state index contributed by atoms with van der Waals surface area (Å²) in [6.07, 6.45) is 1.72. The van der Waals surface area contributed by atoms with Gasteiger partial charge < -0.3 is 14.6 Å². The number of anilines is 1. The van der Waals surface area contributed by atoms with Gasteiger partial charge in [0.05, 0.1) is 18.7 Å².